The van der Waals surface area contributed by atoms with Gasteiger partial charge in [0.1, 0.15) is 11.8 Å². The van der Waals surface area contributed by atoms with Crippen molar-refractivity contribution >= 4 is 5.97 Å². The van der Waals surface area contributed by atoms with E-state index >= 15 is 0 Å². The first-order valence-corrected chi connectivity index (χ1v) is 5.98. The van der Waals surface area contributed by atoms with Gasteiger partial charge in [0.15, 0.2) is 0 Å². The Bertz CT molecular complexity index is 238. The summed E-state index contributed by atoms with van der Waals surface area (Å²) >= 11 is 0. The molecule has 0 saturated heterocycles. The van der Waals surface area contributed by atoms with Gasteiger partial charge >= 0.3 is 5.97 Å². The highest BCUT2D eigenvalue weighted by molar-refractivity contribution is 5.70. The van der Waals surface area contributed by atoms with E-state index in [2.05, 4.69) is 5.32 Å². The average molecular weight is 231 g/mol. The van der Waals surface area contributed by atoms with Gasteiger partial charge in [-0.25, -0.2) is 4.39 Å². The van der Waals surface area contributed by atoms with Crippen molar-refractivity contribution in [1.29, 1.82) is 0 Å². The van der Waals surface area contributed by atoms with Gasteiger partial charge in [0.2, 0.25) is 0 Å². The lowest BCUT2D eigenvalue weighted by Gasteiger charge is -2.20. The van der Waals surface area contributed by atoms with Crippen LogP contribution in [0.15, 0.2) is 0 Å². The summed E-state index contributed by atoms with van der Waals surface area (Å²) in [5, 5.41) is 3.07. The van der Waals surface area contributed by atoms with Crippen LogP contribution in [0, 0.1) is 0 Å². The van der Waals surface area contributed by atoms with Crippen molar-refractivity contribution in [2.24, 2.45) is 0 Å². The molecule has 0 heterocycles. The quantitative estimate of drug-likeness (QED) is 0.754. The maximum atomic E-state index is 13.2. The van der Waals surface area contributed by atoms with Gasteiger partial charge < -0.3 is 10.1 Å². The fourth-order valence-electron chi connectivity index (χ4n) is 1.90. The number of nitrogens with one attached hydrogen (secondary N) is 1. The molecule has 0 aromatic heterocycles. The van der Waals surface area contributed by atoms with Gasteiger partial charge in [0.05, 0.1) is 6.42 Å². The Morgan fingerprint density at radius 3 is 2.62 bits per heavy atom. The van der Waals surface area contributed by atoms with Gasteiger partial charge in [-0.1, -0.05) is 0 Å². The van der Waals surface area contributed by atoms with Crippen molar-refractivity contribution in [1.82, 2.24) is 5.32 Å². The lowest BCUT2D eigenvalue weighted by atomic mass is 10.2. The number of carbonyl (C=O) groups is 1. The molecule has 1 N–H and O–H groups in total. The van der Waals surface area contributed by atoms with Crippen LogP contribution in [0.2, 0.25) is 0 Å². The van der Waals surface area contributed by atoms with E-state index in [-0.39, 0.29) is 12.0 Å². The predicted octanol–water partition coefficient (Wildman–Crippen LogP) is 2.20. The number of hydrogen-bond acceptors (Lipinski definition) is 3. The highest BCUT2D eigenvalue weighted by Crippen LogP contribution is 2.21. The molecule has 94 valence electrons. The smallest absolute Gasteiger partial charge is 0.307 e. The van der Waals surface area contributed by atoms with Gasteiger partial charge in [0, 0.05) is 12.6 Å². The summed E-state index contributed by atoms with van der Waals surface area (Å²) in [7, 11) is 0. The minimum Gasteiger partial charge on any atom is -0.460 e. The number of halogens is 1. The van der Waals surface area contributed by atoms with Crippen molar-refractivity contribution in [2.75, 3.05) is 6.54 Å². The first-order chi connectivity index (χ1) is 7.38. The van der Waals surface area contributed by atoms with Gasteiger partial charge in [-0.15, -0.1) is 0 Å². The number of rotatable bonds is 4. The first kappa shape index (κ1) is 13.4. The topological polar surface area (TPSA) is 38.3 Å². The Morgan fingerprint density at radius 1 is 1.44 bits per heavy atom. The van der Waals surface area contributed by atoms with E-state index in [0.717, 1.165) is 12.8 Å². The normalized spacial score (nSPS) is 25.8. The van der Waals surface area contributed by atoms with Gasteiger partial charge in [-0.2, -0.15) is 0 Å². The fourth-order valence-corrected chi connectivity index (χ4v) is 1.90. The summed E-state index contributed by atoms with van der Waals surface area (Å²) in [5.41, 5.74) is -0.437. The Morgan fingerprint density at radius 2 is 2.12 bits per heavy atom. The van der Waals surface area contributed by atoms with Crippen molar-refractivity contribution in [3.8, 4) is 0 Å². The molecule has 2 atom stereocenters. The van der Waals surface area contributed by atoms with E-state index in [9.17, 15) is 9.18 Å². The zero-order chi connectivity index (χ0) is 12.2. The Labute approximate surface area is 96.7 Å². The minimum atomic E-state index is -0.751. The van der Waals surface area contributed by atoms with E-state index in [1.807, 2.05) is 20.8 Å². The molecule has 1 aliphatic carbocycles. The lowest BCUT2D eigenvalue weighted by molar-refractivity contribution is -0.154. The van der Waals surface area contributed by atoms with E-state index in [1.54, 1.807) is 0 Å². The minimum absolute atomic E-state index is 0.0672. The SMILES string of the molecule is CC(C)(C)OC(=O)CCN[C@@H]1CCC[C@H]1F. The number of esters is 1. The largest absolute Gasteiger partial charge is 0.460 e. The molecule has 0 amide bonds. The Hall–Kier alpha value is -0.640. The molecule has 16 heavy (non-hydrogen) atoms. The van der Waals surface area contributed by atoms with Crippen LogP contribution in [-0.2, 0) is 9.53 Å². The molecule has 4 heteroatoms. The fraction of sp³-hybridized carbons (Fsp3) is 0.917. The van der Waals surface area contributed by atoms with Gasteiger partial charge in [-0.05, 0) is 40.0 Å². The monoisotopic (exact) mass is 231 g/mol. The van der Waals surface area contributed by atoms with Crippen molar-refractivity contribution < 1.29 is 13.9 Å². The second-order valence-electron chi connectivity index (χ2n) is 5.34. The van der Waals surface area contributed by atoms with Crippen LogP contribution < -0.4 is 5.32 Å². The zero-order valence-corrected chi connectivity index (χ0v) is 10.4. The molecule has 1 saturated carbocycles. The second-order valence-corrected chi connectivity index (χ2v) is 5.34. The number of hydrogen-bond donors (Lipinski definition) is 1. The van der Waals surface area contributed by atoms with E-state index in [4.69, 9.17) is 4.74 Å². The third-order valence-electron chi connectivity index (χ3n) is 2.59. The molecule has 0 bridgehead atoms. The summed E-state index contributed by atoms with van der Waals surface area (Å²) < 4.78 is 18.4. The van der Waals surface area contributed by atoms with Crippen LogP contribution in [0.4, 0.5) is 4.39 Å². The molecule has 1 rings (SSSR count). The summed E-state index contributed by atoms with van der Waals surface area (Å²) in [6.07, 6.45) is 2.00. The molecule has 0 radical (unpaired) electrons. The lowest BCUT2D eigenvalue weighted by Crippen LogP contribution is -2.35. The molecule has 0 spiro atoms. The van der Waals surface area contributed by atoms with Crippen LogP contribution in [-0.4, -0.2) is 30.3 Å². The van der Waals surface area contributed by atoms with E-state index < -0.39 is 11.8 Å². The maximum absolute atomic E-state index is 13.2. The van der Waals surface area contributed by atoms with Gasteiger partial charge in [-0.3, -0.25) is 4.79 Å². The summed E-state index contributed by atoms with van der Waals surface area (Å²) in [6.45, 7) is 6.02. The molecule has 0 aliphatic heterocycles. The van der Waals surface area contributed by atoms with Gasteiger partial charge in [0.25, 0.3) is 0 Å². The average Bonchev–Trinajstić information content (AvgIpc) is 2.48. The van der Waals surface area contributed by atoms with Crippen LogP contribution in [0.25, 0.3) is 0 Å². The molecular weight excluding hydrogens is 209 g/mol. The highest BCUT2D eigenvalue weighted by Gasteiger charge is 2.26. The highest BCUT2D eigenvalue weighted by atomic mass is 19.1. The van der Waals surface area contributed by atoms with Crippen molar-refractivity contribution in [2.45, 2.75) is 64.3 Å². The number of alkyl halides is 1. The van der Waals surface area contributed by atoms with Crippen molar-refractivity contribution in [3.63, 3.8) is 0 Å². The van der Waals surface area contributed by atoms with Crippen molar-refractivity contribution in [3.05, 3.63) is 0 Å². The van der Waals surface area contributed by atoms with E-state index in [1.165, 1.54) is 0 Å². The molecule has 0 aromatic rings. The van der Waals surface area contributed by atoms with Crippen LogP contribution >= 0.6 is 0 Å². The molecule has 3 nitrogen and oxygen atoms in total. The van der Waals surface area contributed by atoms with Crippen LogP contribution in [0.1, 0.15) is 46.5 Å². The Kier molecular flexibility index (Phi) is 4.71. The van der Waals surface area contributed by atoms with Crippen LogP contribution in [0.5, 0.6) is 0 Å². The molecule has 0 aromatic carbocycles. The predicted molar refractivity (Wildman–Crippen MR) is 61.0 cm³/mol. The van der Waals surface area contributed by atoms with Crippen LogP contribution in [0.3, 0.4) is 0 Å². The maximum Gasteiger partial charge on any atom is 0.307 e. The number of carbonyl (C=O) groups excluding carboxylic acids is 1. The number of ether oxygens (including phenoxy) is 1. The first-order valence-electron chi connectivity index (χ1n) is 5.98. The molecule has 1 aliphatic rings. The molecule has 0 unspecified atom stereocenters. The summed E-state index contributed by atoms with van der Waals surface area (Å²) in [5.74, 6) is -0.228. The van der Waals surface area contributed by atoms with E-state index in [0.29, 0.717) is 19.4 Å². The third-order valence-corrected chi connectivity index (χ3v) is 2.59. The third kappa shape index (κ3) is 4.92. The molecule has 1 fully saturated rings. The summed E-state index contributed by atoms with van der Waals surface area (Å²) in [6, 6.07) is -0.0672. The Balaban J connectivity index is 2.13. The zero-order valence-electron chi connectivity index (χ0n) is 10.4. The second kappa shape index (κ2) is 5.62. The summed E-state index contributed by atoms with van der Waals surface area (Å²) in [4.78, 5) is 11.4. The molecular formula is C12H22FNO2. The standard InChI is InChI=1S/C12H22FNO2/c1-12(2,3)16-11(15)7-8-14-10-6-4-5-9(10)13/h9-10,14H,4-8H2,1-3H3/t9-,10-/m1/s1.